The van der Waals surface area contributed by atoms with Crippen LogP contribution in [0.1, 0.15) is 30.6 Å². The molecule has 2 aromatic rings. The van der Waals surface area contributed by atoms with Gasteiger partial charge in [-0.2, -0.15) is 0 Å². The topological polar surface area (TPSA) is 34.2 Å². The number of nitrogens with one attached hydrogen (secondary N) is 1. The number of aromatic nitrogens is 1. The Morgan fingerprint density at radius 1 is 1.20 bits per heavy atom. The van der Waals surface area contributed by atoms with E-state index >= 15 is 0 Å². The number of rotatable bonds is 7. The first-order valence-electron chi connectivity index (χ1n) is 7.10. The lowest BCUT2D eigenvalue weighted by Gasteiger charge is -2.19. The summed E-state index contributed by atoms with van der Waals surface area (Å²) in [6.07, 6.45) is 3.84. The van der Waals surface area contributed by atoms with E-state index in [0.29, 0.717) is 0 Å². The van der Waals surface area contributed by atoms with Gasteiger partial charge in [-0.1, -0.05) is 25.1 Å². The molecule has 0 aliphatic heterocycles. The fourth-order valence-electron chi connectivity index (χ4n) is 2.21. The molecular formula is C17H22N2O. The highest BCUT2D eigenvalue weighted by Gasteiger charge is 2.12. The molecule has 0 saturated carbocycles. The van der Waals surface area contributed by atoms with Crippen molar-refractivity contribution in [3.63, 3.8) is 0 Å². The van der Waals surface area contributed by atoms with E-state index < -0.39 is 0 Å². The minimum Gasteiger partial charge on any atom is -0.497 e. The van der Waals surface area contributed by atoms with Crippen LogP contribution in [0.5, 0.6) is 5.75 Å². The average Bonchev–Trinajstić information content (AvgIpc) is 2.52. The van der Waals surface area contributed by atoms with Crippen LogP contribution in [-0.4, -0.2) is 18.6 Å². The summed E-state index contributed by atoms with van der Waals surface area (Å²) in [6, 6.07) is 14.6. The summed E-state index contributed by atoms with van der Waals surface area (Å²) in [5.41, 5.74) is 2.34. The third-order valence-corrected chi connectivity index (χ3v) is 3.28. The smallest absolute Gasteiger partial charge is 0.119 e. The second kappa shape index (κ2) is 7.65. The first kappa shape index (κ1) is 14.5. The lowest BCUT2D eigenvalue weighted by atomic mass is 10.0. The molecule has 1 atom stereocenters. The molecule has 0 saturated heterocycles. The molecule has 1 unspecified atom stereocenters. The maximum atomic E-state index is 5.32. The van der Waals surface area contributed by atoms with Gasteiger partial charge in [0.1, 0.15) is 5.75 Å². The maximum Gasteiger partial charge on any atom is 0.119 e. The van der Waals surface area contributed by atoms with Crippen molar-refractivity contribution in [1.29, 1.82) is 0 Å². The van der Waals surface area contributed by atoms with Crippen LogP contribution in [0.25, 0.3) is 0 Å². The molecule has 2 rings (SSSR count). The summed E-state index contributed by atoms with van der Waals surface area (Å²) in [4.78, 5) is 4.42. The van der Waals surface area contributed by atoms with Crippen molar-refractivity contribution in [3.8, 4) is 5.75 Å². The van der Waals surface area contributed by atoms with Crippen molar-refractivity contribution in [2.75, 3.05) is 13.7 Å². The summed E-state index contributed by atoms with van der Waals surface area (Å²) in [5, 5.41) is 3.59. The Kier molecular flexibility index (Phi) is 5.56. The van der Waals surface area contributed by atoms with E-state index in [1.165, 1.54) is 5.56 Å². The fourth-order valence-corrected chi connectivity index (χ4v) is 2.21. The number of nitrogens with zero attached hydrogens (tertiary/aromatic N) is 1. The molecule has 0 fully saturated rings. The molecule has 1 aromatic carbocycles. The van der Waals surface area contributed by atoms with Gasteiger partial charge >= 0.3 is 0 Å². The van der Waals surface area contributed by atoms with Crippen LogP contribution < -0.4 is 10.1 Å². The molecule has 3 heteroatoms. The Balaban J connectivity index is 2.17. The predicted octanol–water partition coefficient (Wildman–Crippen LogP) is 3.37. The third-order valence-electron chi connectivity index (χ3n) is 3.28. The van der Waals surface area contributed by atoms with Crippen LogP contribution in [0.4, 0.5) is 0 Å². The Morgan fingerprint density at radius 2 is 2.10 bits per heavy atom. The first-order valence-corrected chi connectivity index (χ1v) is 7.10. The van der Waals surface area contributed by atoms with Crippen molar-refractivity contribution in [1.82, 2.24) is 10.3 Å². The lowest BCUT2D eigenvalue weighted by molar-refractivity contribution is 0.412. The van der Waals surface area contributed by atoms with Crippen molar-refractivity contribution >= 4 is 0 Å². The largest absolute Gasteiger partial charge is 0.497 e. The number of hydrogen-bond acceptors (Lipinski definition) is 3. The summed E-state index contributed by atoms with van der Waals surface area (Å²) in [5.74, 6) is 0.895. The molecule has 1 heterocycles. The maximum absolute atomic E-state index is 5.32. The van der Waals surface area contributed by atoms with Crippen LogP contribution in [0.3, 0.4) is 0 Å². The molecule has 0 amide bonds. The highest BCUT2D eigenvalue weighted by atomic mass is 16.5. The summed E-state index contributed by atoms with van der Waals surface area (Å²) in [6.45, 7) is 3.17. The number of ether oxygens (including phenoxy) is 1. The van der Waals surface area contributed by atoms with E-state index in [-0.39, 0.29) is 6.04 Å². The van der Waals surface area contributed by atoms with E-state index in [9.17, 15) is 0 Å². The van der Waals surface area contributed by atoms with E-state index in [4.69, 9.17) is 4.74 Å². The van der Waals surface area contributed by atoms with Gasteiger partial charge in [-0.25, -0.2) is 0 Å². The Labute approximate surface area is 121 Å². The fraction of sp³-hybridized carbons (Fsp3) is 0.353. The molecule has 0 radical (unpaired) electrons. The lowest BCUT2D eigenvalue weighted by Crippen LogP contribution is -2.24. The van der Waals surface area contributed by atoms with Crippen molar-refractivity contribution in [2.45, 2.75) is 25.8 Å². The zero-order valence-corrected chi connectivity index (χ0v) is 12.2. The Hall–Kier alpha value is -1.87. The van der Waals surface area contributed by atoms with E-state index in [0.717, 1.165) is 30.8 Å². The molecular weight excluding hydrogens is 248 g/mol. The van der Waals surface area contributed by atoms with Crippen molar-refractivity contribution in [3.05, 3.63) is 59.9 Å². The third kappa shape index (κ3) is 4.07. The SMILES string of the molecule is CCCNC(Cc1ccccn1)c1cccc(OC)c1. The normalized spacial score (nSPS) is 12.1. The standard InChI is InChI=1S/C17H22N2O/c1-3-10-19-17(13-15-8-4-5-11-18-15)14-7-6-9-16(12-14)20-2/h4-9,11-12,17,19H,3,10,13H2,1-2H3. The molecule has 0 aliphatic rings. The first-order chi connectivity index (χ1) is 9.83. The quantitative estimate of drug-likeness (QED) is 0.837. The molecule has 0 spiro atoms. The molecule has 0 bridgehead atoms. The van der Waals surface area contributed by atoms with Crippen LogP contribution in [0.15, 0.2) is 48.7 Å². The van der Waals surface area contributed by atoms with Crippen LogP contribution in [-0.2, 0) is 6.42 Å². The van der Waals surface area contributed by atoms with Gasteiger partial charge in [-0.15, -0.1) is 0 Å². The minimum absolute atomic E-state index is 0.264. The average molecular weight is 270 g/mol. The molecule has 3 nitrogen and oxygen atoms in total. The second-order valence-corrected chi connectivity index (χ2v) is 4.81. The van der Waals surface area contributed by atoms with E-state index in [2.05, 4.69) is 35.4 Å². The Bertz CT molecular complexity index is 513. The molecule has 106 valence electrons. The van der Waals surface area contributed by atoms with Gasteiger partial charge in [0.05, 0.1) is 7.11 Å². The van der Waals surface area contributed by atoms with Crippen LogP contribution in [0.2, 0.25) is 0 Å². The van der Waals surface area contributed by atoms with Gasteiger partial charge in [-0.3, -0.25) is 4.98 Å². The molecule has 20 heavy (non-hydrogen) atoms. The summed E-state index contributed by atoms with van der Waals surface area (Å²) in [7, 11) is 1.70. The van der Waals surface area contributed by atoms with Gasteiger partial charge in [0.25, 0.3) is 0 Å². The molecule has 1 aromatic heterocycles. The minimum atomic E-state index is 0.264. The van der Waals surface area contributed by atoms with E-state index in [1.54, 1.807) is 7.11 Å². The second-order valence-electron chi connectivity index (χ2n) is 4.81. The van der Waals surface area contributed by atoms with Gasteiger partial charge in [0.2, 0.25) is 0 Å². The van der Waals surface area contributed by atoms with E-state index in [1.807, 2.05) is 30.5 Å². The predicted molar refractivity (Wildman–Crippen MR) is 82.0 cm³/mol. The highest BCUT2D eigenvalue weighted by Crippen LogP contribution is 2.22. The zero-order valence-electron chi connectivity index (χ0n) is 12.2. The number of benzene rings is 1. The van der Waals surface area contributed by atoms with Crippen molar-refractivity contribution in [2.24, 2.45) is 0 Å². The molecule has 1 N–H and O–H groups in total. The molecule has 0 aliphatic carbocycles. The highest BCUT2D eigenvalue weighted by molar-refractivity contribution is 5.31. The Morgan fingerprint density at radius 3 is 2.80 bits per heavy atom. The number of methoxy groups -OCH3 is 1. The van der Waals surface area contributed by atoms with Gasteiger partial charge in [0.15, 0.2) is 0 Å². The van der Waals surface area contributed by atoms with Gasteiger partial charge in [-0.05, 0) is 42.8 Å². The van der Waals surface area contributed by atoms with Crippen molar-refractivity contribution < 1.29 is 4.74 Å². The monoisotopic (exact) mass is 270 g/mol. The number of pyridine rings is 1. The summed E-state index contributed by atoms with van der Waals surface area (Å²) < 4.78 is 5.32. The zero-order chi connectivity index (χ0) is 14.2. The summed E-state index contributed by atoms with van der Waals surface area (Å²) >= 11 is 0. The van der Waals surface area contributed by atoms with Crippen LogP contribution >= 0.6 is 0 Å². The van der Waals surface area contributed by atoms with Gasteiger partial charge < -0.3 is 10.1 Å². The van der Waals surface area contributed by atoms with Crippen LogP contribution in [0, 0.1) is 0 Å². The number of hydrogen-bond donors (Lipinski definition) is 1. The van der Waals surface area contributed by atoms with Gasteiger partial charge in [0, 0.05) is 24.4 Å².